The molecule has 1 aromatic heterocycles. The van der Waals surface area contributed by atoms with Crippen LogP contribution in [0.15, 0.2) is 88.6 Å². The predicted octanol–water partition coefficient (Wildman–Crippen LogP) is 4.13. The van der Waals surface area contributed by atoms with Gasteiger partial charge in [0.2, 0.25) is 5.91 Å². The highest BCUT2D eigenvalue weighted by Gasteiger charge is 2.60. The summed E-state index contributed by atoms with van der Waals surface area (Å²) < 4.78 is 5.30. The maximum atomic E-state index is 12.8. The molecule has 2 aromatic carbocycles. The molecule has 0 radical (unpaired) electrons. The fourth-order valence-corrected chi connectivity index (χ4v) is 3.61. The smallest absolute Gasteiger partial charge is 0.244 e. The number of carbonyl (C=O) groups is 1. The zero-order valence-electron chi connectivity index (χ0n) is 14.6. The fraction of sp³-hybridized carbons (Fsp3) is 0.182. The van der Waals surface area contributed by atoms with Crippen LogP contribution >= 0.6 is 0 Å². The summed E-state index contributed by atoms with van der Waals surface area (Å²) in [6.45, 7) is 1.81. The number of hydrogen-bond donors (Lipinski definition) is 1. The average molecular weight is 344 g/mol. The number of nitrogens with one attached hydrogen (secondary N) is 1. The molecule has 1 atom stereocenters. The van der Waals surface area contributed by atoms with Crippen molar-refractivity contribution in [3.63, 3.8) is 0 Å². The standard InChI is InChI=1S/C22H20N2O2/c1-16(20-13-8-14-26-20)23-24-21(25)19-15-22(19,17-9-4-2-5-10-17)18-11-6-3-7-12-18/h2-14,19H,15H2,1H3,(H,24,25). The number of rotatable bonds is 5. The van der Waals surface area contributed by atoms with Gasteiger partial charge < -0.3 is 4.42 Å². The first-order valence-corrected chi connectivity index (χ1v) is 8.71. The molecule has 1 fully saturated rings. The molecule has 130 valence electrons. The van der Waals surface area contributed by atoms with Gasteiger partial charge >= 0.3 is 0 Å². The minimum Gasteiger partial charge on any atom is -0.463 e. The normalized spacial score (nSPS) is 18.3. The molecule has 0 aliphatic heterocycles. The van der Waals surface area contributed by atoms with E-state index in [9.17, 15) is 4.79 Å². The lowest BCUT2D eigenvalue weighted by Crippen LogP contribution is -2.26. The summed E-state index contributed by atoms with van der Waals surface area (Å²) in [6, 6.07) is 24.1. The lowest BCUT2D eigenvalue weighted by Gasteiger charge is -2.18. The van der Waals surface area contributed by atoms with Gasteiger partial charge in [-0.1, -0.05) is 60.7 Å². The van der Waals surface area contributed by atoms with E-state index in [2.05, 4.69) is 34.8 Å². The summed E-state index contributed by atoms with van der Waals surface area (Å²) in [4.78, 5) is 12.8. The van der Waals surface area contributed by atoms with E-state index in [-0.39, 0.29) is 17.2 Å². The Hall–Kier alpha value is -3.14. The van der Waals surface area contributed by atoms with E-state index < -0.39 is 0 Å². The first-order chi connectivity index (χ1) is 12.7. The molecule has 1 unspecified atom stereocenters. The predicted molar refractivity (Wildman–Crippen MR) is 101 cm³/mol. The van der Waals surface area contributed by atoms with Gasteiger partial charge in [0.1, 0.15) is 11.5 Å². The Morgan fingerprint density at radius 3 is 2.15 bits per heavy atom. The first kappa shape index (κ1) is 16.3. The van der Waals surface area contributed by atoms with Crippen LogP contribution in [0.25, 0.3) is 0 Å². The third-order valence-electron chi connectivity index (χ3n) is 5.07. The molecule has 26 heavy (non-hydrogen) atoms. The molecule has 1 N–H and O–H groups in total. The second-order valence-corrected chi connectivity index (χ2v) is 6.61. The van der Waals surface area contributed by atoms with Crippen LogP contribution in [-0.4, -0.2) is 11.6 Å². The van der Waals surface area contributed by atoms with Crippen LogP contribution in [0.3, 0.4) is 0 Å². The Morgan fingerprint density at radius 1 is 1.00 bits per heavy atom. The van der Waals surface area contributed by atoms with Crippen LogP contribution in [0.4, 0.5) is 0 Å². The van der Waals surface area contributed by atoms with Gasteiger partial charge in [0.15, 0.2) is 0 Å². The maximum absolute atomic E-state index is 12.8. The number of benzene rings is 2. The lowest BCUT2D eigenvalue weighted by molar-refractivity contribution is -0.122. The van der Waals surface area contributed by atoms with Crippen LogP contribution in [0, 0.1) is 5.92 Å². The van der Waals surface area contributed by atoms with Crippen LogP contribution in [0.1, 0.15) is 30.2 Å². The maximum Gasteiger partial charge on any atom is 0.244 e. The largest absolute Gasteiger partial charge is 0.463 e. The van der Waals surface area contributed by atoms with Crippen molar-refractivity contribution in [2.24, 2.45) is 11.0 Å². The molecular weight excluding hydrogens is 324 g/mol. The molecule has 4 rings (SSSR count). The molecule has 1 aliphatic rings. The second-order valence-electron chi connectivity index (χ2n) is 6.61. The van der Waals surface area contributed by atoms with Gasteiger partial charge in [-0.15, -0.1) is 0 Å². The van der Waals surface area contributed by atoms with Crippen LogP contribution in [-0.2, 0) is 10.2 Å². The van der Waals surface area contributed by atoms with Gasteiger partial charge in [-0.25, -0.2) is 5.43 Å². The first-order valence-electron chi connectivity index (χ1n) is 8.71. The summed E-state index contributed by atoms with van der Waals surface area (Å²) in [6.07, 6.45) is 2.37. The monoisotopic (exact) mass is 344 g/mol. The van der Waals surface area contributed by atoms with Crippen molar-refractivity contribution in [1.82, 2.24) is 5.43 Å². The second kappa shape index (κ2) is 6.64. The van der Waals surface area contributed by atoms with Crippen molar-refractivity contribution in [3.05, 3.63) is 95.9 Å². The van der Waals surface area contributed by atoms with E-state index in [1.165, 1.54) is 0 Å². The Kier molecular flexibility index (Phi) is 4.17. The molecule has 0 saturated heterocycles. The van der Waals surface area contributed by atoms with Gasteiger partial charge in [-0.3, -0.25) is 4.79 Å². The molecule has 1 amide bonds. The summed E-state index contributed by atoms with van der Waals surface area (Å²) >= 11 is 0. The van der Waals surface area contributed by atoms with Crippen molar-refractivity contribution in [3.8, 4) is 0 Å². The Balaban J connectivity index is 1.59. The fourth-order valence-electron chi connectivity index (χ4n) is 3.61. The number of carbonyl (C=O) groups excluding carboxylic acids is 1. The molecule has 0 spiro atoms. The van der Waals surface area contributed by atoms with Gasteiger partial charge in [0, 0.05) is 5.41 Å². The van der Waals surface area contributed by atoms with Crippen molar-refractivity contribution in [1.29, 1.82) is 0 Å². The van der Waals surface area contributed by atoms with E-state index in [1.54, 1.807) is 12.3 Å². The zero-order valence-corrected chi connectivity index (χ0v) is 14.6. The lowest BCUT2D eigenvalue weighted by atomic mass is 9.85. The Bertz CT molecular complexity index is 876. The number of amides is 1. The number of furan rings is 1. The molecular formula is C22H20N2O2. The highest BCUT2D eigenvalue weighted by Crippen LogP contribution is 2.58. The van der Waals surface area contributed by atoms with Gasteiger partial charge in [0.05, 0.1) is 12.2 Å². The average Bonchev–Trinajstić information content (AvgIpc) is 3.23. The molecule has 1 heterocycles. The van der Waals surface area contributed by atoms with E-state index in [4.69, 9.17) is 4.42 Å². The van der Waals surface area contributed by atoms with Gasteiger partial charge in [-0.05, 0) is 36.6 Å². The van der Waals surface area contributed by atoms with Gasteiger partial charge in [0.25, 0.3) is 0 Å². The third kappa shape index (κ3) is 2.84. The molecule has 3 aromatic rings. The van der Waals surface area contributed by atoms with E-state index in [0.717, 1.165) is 17.5 Å². The number of hydrazone groups is 1. The van der Waals surface area contributed by atoms with Crippen molar-refractivity contribution < 1.29 is 9.21 Å². The van der Waals surface area contributed by atoms with Crippen LogP contribution < -0.4 is 5.43 Å². The Labute approximate surface area is 152 Å². The highest BCUT2D eigenvalue weighted by molar-refractivity contribution is 5.97. The number of nitrogens with zero attached hydrogens (tertiary/aromatic N) is 1. The minimum absolute atomic E-state index is 0.0661. The van der Waals surface area contributed by atoms with Crippen molar-refractivity contribution in [2.75, 3.05) is 0 Å². The van der Waals surface area contributed by atoms with Crippen molar-refractivity contribution in [2.45, 2.75) is 18.8 Å². The minimum atomic E-state index is -0.277. The third-order valence-corrected chi connectivity index (χ3v) is 5.07. The summed E-state index contributed by atoms with van der Waals surface area (Å²) in [5, 5.41) is 4.20. The molecule has 1 aliphatic carbocycles. The quantitative estimate of drug-likeness (QED) is 0.559. The Morgan fingerprint density at radius 2 is 1.62 bits per heavy atom. The molecule has 4 heteroatoms. The van der Waals surface area contributed by atoms with Crippen molar-refractivity contribution >= 4 is 11.6 Å². The molecule has 4 nitrogen and oxygen atoms in total. The molecule has 1 saturated carbocycles. The summed E-state index contributed by atoms with van der Waals surface area (Å²) in [7, 11) is 0. The number of hydrogen-bond acceptors (Lipinski definition) is 3. The van der Waals surface area contributed by atoms with Crippen LogP contribution in [0.2, 0.25) is 0 Å². The van der Waals surface area contributed by atoms with E-state index in [1.807, 2.05) is 49.4 Å². The highest BCUT2D eigenvalue weighted by atomic mass is 16.3. The topological polar surface area (TPSA) is 54.6 Å². The molecule has 0 bridgehead atoms. The zero-order chi connectivity index (χ0) is 18.0. The van der Waals surface area contributed by atoms with E-state index >= 15 is 0 Å². The summed E-state index contributed by atoms with van der Waals surface area (Å²) in [5.74, 6) is 0.447. The van der Waals surface area contributed by atoms with Gasteiger partial charge in [-0.2, -0.15) is 5.10 Å². The van der Waals surface area contributed by atoms with E-state index in [0.29, 0.717) is 11.5 Å². The van der Waals surface area contributed by atoms with Crippen LogP contribution in [0.5, 0.6) is 0 Å². The SMILES string of the molecule is CC(=NNC(=O)C1CC1(c1ccccc1)c1ccccc1)c1ccco1. The summed E-state index contributed by atoms with van der Waals surface area (Å²) in [5.41, 5.74) is 5.42.